The number of hydrogen-bond donors (Lipinski definition) is 1. The van der Waals surface area contributed by atoms with E-state index in [9.17, 15) is 13.2 Å². The number of amides is 1. The molecule has 1 amide bonds. The third kappa shape index (κ3) is 4.91. The molecule has 0 spiro atoms. The van der Waals surface area contributed by atoms with Crippen molar-refractivity contribution in [2.75, 3.05) is 19.7 Å². The lowest BCUT2D eigenvalue weighted by molar-refractivity contribution is 0.0951. The summed E-state index contributed by atoms with van der Waals surface area (Å²) in [6.45, 7) is 3.99. The summed E-state index contributed by atoms with van der Waals surface area (Å²) < 4.78 is 32.3. The first-order valence-corrected chi connectivity index (χ1v) is 11.0. The molecule has 7 heteroatoms. The number of benzene rings is 2. The molecular weight excluding hydrogens is 376 g/mol. The standard InChI is InChI=1S/C21H26N2O4S/c1-2-27-19-10-8-18(9-11-19)21(24)22-16-17-6-12-20(13-7-17)28(25,26)23-14-4-3-5-15-23/h6-13H,2-5,14-16H2,1H3,(H,22,24). The number of rotatable bonds is 7. The topological polar surface area (TPSA) is 75.7 Å². The summed E-state index contributed by atoms with van der Waals surface area (Å²) in [5.74, 6) is 0.539. The first-order valence-electron chi connectivity index (χ1n) is 9.61. The summed E-state index contributed by atoms with van der Waals surface area (Å²) in [5, 5.41) is 2.85. The highest BCUT2D eigenvalue weighted by molar-refractivity contribution is 7.89. The van der Waals surface area contributed by atoms with Gasteiger partial charge >= 0.3 is 0 Å². The molecule has 150 valence electrons. The predicted octanol–water partition coefficient (Wildman–Crippen LogP) is 3.19. The number of nitrogens with one attached hydrogen (secondary N) is 1. The van der Waals surface area contributed by atoms with Gasteiger partial charge in [0.25, 0.3) is 5.91 Å². The highest BCUT2D eigenvalue weighted by atomic mass is 32.2. The molecule has 1 N–H and O–H groups in total. The van der Waals surface area contributed by atoms with E-state index in [4.69, 9.17) is 4.74 Å². The van der Waals surface area contributed by atoms with Crippen LogP contribution in [0, 0.1) is 0 Å². The third-order valence-electron chi connectivity index (χ3n) is 4.76. The van der Waals surface area contributed by atoms with E-state index in [0.717, 1.165) is 30.6 Å². The third-order valence-corrected chi connectivity index (χ3v) is 6.67. The minimum atomic E-state index is -3.43. The number of hydrogen-bond acceptors (Lipinski definition) is 4. The highest BCUT2D eigenvalue weighted by Crippen LogP contribution is 2.21. The fourth-order valence-corrected chi connectivity index (χ4v) is 4.70. The monoisotopic (exact) mass is 402 g/mol. The zero-order valence-corrected chi connectivity index (χ0v) is 16.9. The molecule has 1 aliphatic rings. The van der Waals surface area contributed by atoms with Gasteiger partial charge in [0.2, 0.25) is 10.0 Å². The Kier molecular flexibility index (Phi) is 6.70. The van der Waals surface area contributed by atoms with Crippen LogP contribution in [0.3, 0.4) is 0 Å². The summed E-state index contributed by atoms with van der Waals surface area (Å²) in [4.78, 5) is 12.6. The average molecular weight is 403 g/mol. The molecule has 0 aromatic heterocycles. The van der Waals surface area contributed by atoms with E-state index in [1.165, 1.54) is 0 Å². The molecule has 0 radical (unpaired) electrons. The molecule has 1 saturated heterocycles. The molecule has 3 rings (SSSR count). The van der Waals surface area contributed by atoms with Crippen molar-refractivity contribution in [3.63, 3.8) is 0 Å². The van der Waals surface area contributed by atoms with E-state index in [0.29, 0.717) is 36.7 Å². The number of piperidine rings is 1. The maximum absolute atomic E-state index is 12.7. The molecular formula is C21H26N2O4S. The molecule has 0 unspecified atom stereocenters. The lowest BCUT2D eigenvalue weighted by atomic mass is 10.2. The van der Waals surface area contributed by atoms with E-state index in [2.05, 4.69) is 5.32 Å². The Morgan fingerprint density at radius 1 is 1.00 bits per heavy atom. The van der Waals surface area contributed by atoms with E-state index in [1.807, 2.05) is 6.92 Å². The second-order valence-electron chi connectivity index (χ2n) is 6.75. The van der Waals surface area contributed by atoms with Crippen molar-refractivity contribution in [1.29, 1.82) is 0 Å². The van der Waals surface area contributed by atoms with Crippen molar-refractivity contribution in [3.8, 4) is 5.75 Å². The molecule has 6 nitrogen and oxygen atoms in total. The summed E-state index contributed by atoms with van der Waals surface area (Å²) in [6.07, 6.45) is 2.91. The van der Waals surface area contributed by atoms with Crippen LogP contribution in [-0.4, -0.2) is 38.3 Å². The number of nitrogens with zero attached hydrogens (tertiary/aromatic N) is 1. The summed E-state index contributed by atoms with van der Waals surface area (Å²) in [7, 11) is -3.43. The smallest absolute Gasteiger partial charge is 0.251 e. The van der Waals surface area contributed by atoms with Crippen LogP contribution in [0.15, 0.2) is 53.4 Å². The molecule has 2 aromatic carbocycles. The number of ether oxygens (including phenoxy) is 1. The van der Waals surface area contributed by atoms with Gasteiger partial charge in [-0.05, 0) is 61.7 Å². The van der Waals surface area contributed by atoms with Crippen LogP contribution in [0.5, 0.6) is 5.75 Å². The van der Waals surface area contributed by atoms with Crippen molar-refractivity contribution in [1.82, 2.24) is 9.62 Å². The average Bonchev–Trinajstić information content (AvgIpc) is 2.74. The molecule has 1 aliphatic heterocycles. The molecule has 0 bridgehead atoms. The van der Waals surface area contributed by atoms with Crippen LogP contribution in [-0.2, 0) is 16.6 Å². The summed E-state index contributed by atoms with van der Waals surface area (Å²) in [6, 6.07) is 13.7. The molecule has 0 saturated carbocycles. The number of carbonyl (C=O) groups is 1. The van der Waals surface area contributed by atoms with Gasteiger partial charge < -0.3 is 10.1 Å². The van der Waals surface area contributed by atoms with E-state index >= 15 is 0 Å². The van der Waals surface area contributed by atoms with Gasteiger partial charge in [-0.1, -0.05) is 18.6 Å². The number of carbonyl (C=O) groups excluding carboxylic acids is 1. The Morgan fingerprint density at radius 3 is 2.25 bits per heavy atom. The maximum Gasteiger partial charge on any atom is 0.251 e. The normalized spacial score (nSPS) is 15.2. The second kappa shape index (κ2) is 9.21. The molecule has 0 aliphatic carbocycles. The van der Waals surface area contributed by atoms with Gasteiger partial charge in [0.1, 0.15) is 5.75 Å². The van der Waals surface area contributed by atoms with Gasteiger partial charge in [-0.25, -0.2) is 8.42 Å². The number of sulfonamides is 1. The first-order chi connectivity index (χ1) is 13.5. The van der Waals surface area contributed by atoms with Crippen LogP contribution in [0.4, 0.5) is 0 Å². The minimum Gasteiger partial charge on any atom is -0.494 e. The predicted molar refractivity (Wildman–Crippen MR) is 108 cm³/mol. The largest absolute Gasteiger partial charge is 0.494 e. The van der Waals surface area contributed by atoms with Crippen molar-refractivity contribution >= 4 is 15.9 Å². The van der Waals surface area contributed by atoms with Crippen molar-refractivity contribution < 1.29 is 17.9 Å². The Labute approximate surface area is 166 Å². The Hall–Kier alpha value is -2.38. The fourth-order valence-electron chi connectivity index (χ4n) is 3.19. The summed E-state index contributed by atoms with van der Waals surface area (Å²) >= 11 is 0. The molecule has 1 heterocycles. The molecule has 28 heavy (non-hydrogen) atoms. The van der Waals surface area contributed by atoms with E-state index in [1.54, 1.807) is 52.8 Å². The zero-order valence-electron chi connectivity index (χ0n) is 16.1. The van der Waals surface area contributed by atoms with Crippen molar-refractivity contribution in [3.05, 3.63) is 59.7 Å². The van der Waals surface area contributed by atoms with Crippen LogP contribution in [0.25, 0.3) is 0 Å². The van der Waals surface area contributed by atoms with Crippen LogP contribution < -0.4 is 10.1 Å². The van der Waals surface area contributed by atoms with E-state index in [-0.39, 0.29) is 5.91 Å². The molecule has 1 fully saturated rings. The SMILES string of the molecule is CCOc1ccc(C(=O)NCc2ccc(S(=O)(=O)N3CCCCC3)cc2)cc1. The Bertz CT molecular complexity index is 887. The molecule has 2 aromatic rings. The lowest BCUT2D eigenvalue weighted by Gasteiger charge is -2.25. The zero-order chi connectivity index (χ0) is 20.0. The van der Waals surface area contributed by atoms with Crippen LogP contribution >= 0.6 is 0 Å². The van der Waals surface area contributed by atoms with Gasteiger partial charge in [0, 0.05) is 25.2 Å². The van der Waals surface area contributed by atoms with Crippen LogP contribution in [0.2, 0.25) is 0 Å². The quantitative estimate of drug-likeness (QED) is 0.772. The lowest BCUT2D eigenvalue weighted by Crippen LogP contribution is -2.35. The maximum atomic E-state index is 12.7. The fraction of sp³-hybridized carbons (Fsp3) is 0.381. The van der Waals surface area contributed by atoms with Gasteiger partial charge in [0.05, 0.1) is 11.5 Å². The Morgan fingerprint density at radius 2 is 1.64 bits per heavy atom. The minimum absolute atomic E-state index is 0.187. The van der Waals surface area contributed by atoms with Crippen molar-refractivity contribution in [2.45, 2.75) is 37.6 Å². The highest BCUT2D eigenvalue weighted by Gasteiger charge is 2.25. The van der Waals surface area contributed by atoms with Crippen LogP contribution in [0.1, 0.15) is 42.1 Å². The summed E-state index contributed by atoms with van der Waals surface area (Å²) in [5.41, 5.74) is 1.39. The van der Waals surface area contributed by atoms with Gasteiger partial charge in [-0.15, -0.1) is 0 Å². The van der Waals surface area contributed by atoms with Crippen molar-refractivity contribution in [2.24, 2.45) is 0 Å². The second-order valence-corrected chi connectivity index (χ2v) is 8.69. The molecule has 0 atom stereocenters. The first kappa shape index (κ1) is 20.4. The van der Waals surface area contributed by atoms with Gasteiger partial charge in [-0.2, -0.15) is 4.31 Å². The van der Waals surface area contributed by atoms with Gasteiger partial charge in [-0.3, -0.25) is 4.79 Å². The Balaban J connectivity index is 1.58. The van der Waals surface area contributed by atoms with E-state index < -0.39 is 10.0 Å². The van der Waals surface area contributed by atoms with Gasteiger partial charge in [0.15, 0.2) is 0 Å².